The first-order chi connectivity index (χ1) is 11.6. The summed E-state index contributed by atoms with van der Waals surface area (Å²) in [6.07, 6.45) is 3.38. The van der Waals surface area contributed by atoms with Gasteiger partial charge in [0, 0.05) is 33.0 Å². The molecule has 0 atom stereocenters. The molecule has 1 aromatic heterocycles. The van der Waals surface area contributed by atoms with Gasteiger partial charge in [-0.1, -0.05) is 11.6 Å². The zero-order valence-electron chi connectivity index (χ0n) is 12.3. The zero-order valence-corrected chi connectivity index (χ0v) is 13.1. The van der Waals surface area contributed by atoms with Gasteiger partial charge in [0.15, 0.2) is 0 Å². The molecule has 4 nitrogen and oxygen atoms in total. The molecule has 1 amide bonds. The quantitative estimate of drug-likeness (QED) is 0.681. The van der Waals surface area contributed by atoms with Crippen molar-refractivity contribution in [1.82, 2.24) is 10.2 Å². The molecule has 0 radical (unpaired) electrons. The molecule has 1 aliphatic rings. The number of benzene rings is 2. The number of nitrogens with zero attached hydrogens (tertiary/aromatic N) is 1. The minimum absolute atomic E-state index is 0.196. The van der Waals surface area contributed by atoms with Gasteiger partial charge in [0.1, 0.15) is 5.82 Å². The lowest BCUT2D eigenvalue weighted by Gasteiger charge is -2.02. The summed E-state index contributed by atoms with van der Waals surface area (Å²) in [5.41, 5.74) is 4.22. The molecule has 1 aliphatic heterocycles. The molecule has 24 heavy (non-hydrogen) atoms. The summed E-state index contributed by atoms with van der Waals surface area (Å²) in [5, 5.41) is 10.3. The Bertz CT molecular complexity index is 976. The van der Waals surface area contributed by atoms with E-state index in [4.69, 9.17) is 11.6 Å². The van der Waals surface area contributed by atoms with Gasteiger partial charge in [-0.25, -0.2) is 4.39 Å². The topological polar surface area (TPSA) is 57.8 Å². The van der Waals surface area contributed by atoms with Crippen LogP contribution in [0.5, 0.6) is 0 Å². The largest absolute Gasteiger partial charge is 0.321 e. The van der Waals surface area contributed by atoms with Gasteiger partial charge in [0.2, 0.25) is 0 Å². The Morgan fingerprint density at radius 3 is 2.71 bits per heavy atom. The third kappa shape index (κ3) is 2.49. The molecule has 0 fully saturated rings. The molecule has 118 valence electrons. The van der Waals surface area contributed by atoms with E-state index in [1.165, 1.54) is 12.1 Å². The fraction of sp³-hybridized carbons (Fsp3) is 0. The molecule has 4 rings (SSSR count). The first kappa shape index (κ1) is 14.7. The number of H-pyrrole nitrogens is 1. The fourth-order valence-electron chi connectivity index (χ4n) is 2.71. The van der Waals surface area contributed by atoms with Crippen LogP contribution in [0.2, 0.25) is 5.02 Å². The van der Waals surface area contributed by atoms with Crippen molar-refractivity contribution in [2.75, 3.05) is 5.32 Å². The number of aromatic amines is 1. The molecule has 0 saturated heterocycles. The van der Waals surface area contributed by atoms with Crippen LogP contribution in [0.25, 0.3) is 22.9 Å². The summed E-state index contributed by atoms with van der Waals surface area (Å²) >= 11 is 6.04. The van der Waals surface area contributed by atoms with E-state index in [9.17, 15) is 9.18 Å². The third-order valence-corrected chi connectivity index (χ3v) is 4.10. The highest BCUT2D eigenvalue weighted by molar-refractivity contribution is 6.36. The maximum atomic E-state index is 13.1. The molecule has 0 spiro atoms. The van der Waals surface area contributed by atoms with E-state index in [1.54, 1.807) is 42.6 Å². The Hall–Kier alpha value is -2.92. The van der Waals surface area contributed by atoms with E-state index in [1.807, 2.05) is 0 Å². The van der Waals surface area contributed by atoms with E-state index < -0.39 is 0 Å². The highest BCUT2D eigenvalue weighted by Crippen LogP contribution is 2.36. The van der Waals surface area contributed by atoms with Gasteiger partial charge in [-0.3, -0.25) is 9.89 Å². The lowest BCUT2D eigenvalue weighted by Crippen LogP contribution is -2.03. The van der Waals surface area contributed by atoms with E-state index in [0.717, 1.165) is 22.4 Å². The van der Waals surface area contributed by atoms with Crippen LogP contribution in [-0.4, -0.2) is 16.1 Å². The van der Waals surface area contributed by atoms with Gasteiger partial charge >= 0.3 is 0 Å². The SMILES string of the molecule is O=C1Nc2ccc(Cl)cc2/C1=C/c1cn[nH]c1-c1ccc(F)cc1. The third-order valence-electron chi connectivity index (χ3n) is 3.87. The molecule has 2 N–H and O–H groups in total. The fourth-order valence-corrected chi connectivity index (χ4v) is 2.88. The summed E-state index contributed by atoms with van der Waals surface area (Å²) in [6, 6.07) is 11.3. The summed E-state index contributed by atoms with van der Waals surface area (Å²) in [7, 11) is 0. The van der Waals surface area contributed by atoms with Crippen molar-refractivity contribution in [2.24, 2.45) is 0 Å². The Kier molecular flexibility index (Phi) is 3.43. The second-order valence-electron chi connectivity index (χ2n) is 5.41. The van der Waals surface area contributed by atoms with Crippen molar-refractivity contribution in [2.45, 2.75) is 0 Å². The number of nitrogens with one attached hydrogen (secondary N) is 2. The van der Waals surface area contributed by atoms with Crippen LogP contribution in [0, 0.1) is 5.82 Å². The van der Waals surface area contributed by atoms with E-state index >= 15 is 0 Å². The van der Waals surface area contributed by atoms with Crippen LogP contribution in [-0.2, 0) is 4.79 Å². The first-order valence-corrected chi connectivity index (χ1v) is 7.62. The van der Waals surface area contributed by atoms with Gasteiger partial charge in [-0.15, -0.1) is 0 Å². The van der Waals surface area contributed by atoms with Crippen molar-refractivity contribution in [3.8, 4) is 11.3 Å². The molecule has 2 heterocycles. The number of carbonyl (C=O) groups is 1. The summed E-state index contributed by atoms with van der Waals surface area (Å²) in [6.45, 7) is 0. The number of halogens is 2. The van der Waals surface area contributed by atoms with Gasteiger partial charge in [-0.2, -0.15) is 5.10 Å². The zero-order chi connectivity index (χ0) is 16.7. The number of hydrogen-bond donors (Lipinski definition) is 2. The van der Waals surface area contributed by atoms with Gasteiger partial charge in [-0.05, 0) is 48.5 Å². The predicted molar refractivity (Wildman–Crippen MR) is 91.9 cm³/mol. The number of fused-ring (bicyclic) bond motifs is 1. The van der Waals surface area contributed by atoms with Crippen molar-refractivity contribution >= 4 is 34.8 Å². The maximum absolute atomic E-state index is 13.1. The van der Waals surface area contributed by atoms with Crippen LogP contribution in [0.4, 0.5) is 10.1 Å². The molecule has 0 unspecified atom stereocenters. The highest BCUT2D eigenvalue weighted by Gasteiger charge is 2.24. The number of rotatable bonds is 2. The minimum Gasteiger partial charge on any atom is -0.321 e. The van der Waals surface area contributed by atoms with Crippen LogP contribution < -0.4 is 5.32 Å². The predicted octanol–water partition coefficient (Wildman–Crippen LogP) is 4.36. The number of anilines is 1. The Labute approximate surface area is 142 Å². The van der Waals surface area contributed by atoms with E-state index in [-0.39, 0.29) is 11.7 Å². The number of hydrogen-bond acceptors (Lipinski definition) is 2. The standard InChI is InChI=1S/C18H11ClFN3O/c19-12-3-6-16-14(8-12)15(18(24)22-16)7-11-9-21-23-17(11)10-1-4-13(20)5-2-10/h1-9H,(H,21,23)(H,22,24)/b15-7-. The summed E-state index contributed by atoms with van der Waals surface area (Å²) in [4.78, 5) is 12.3. The normalized spacial score (nSPS) is 14.8. The molecule has 2 aromatic carbocycles. The van der Waals surface area contributed by atoms with Crippen molar-refractivity contribution in [1.29, 1.82) is 0 Å². The number of amides is 1. The lowest BCUT2D eigenvalue weighted by atomic mass is 10.0. The molecule has 6 heteroatoms. The lowest BCUT2D eigenvalue weighted by molar-refractivity contribution is -0.110. The molecule has 0 aliphatic carbocycles. The molecule has 0 saturated carbocycles. The number of aromatic nitrogens is 2. The highest BCUT2D eigenvalue weighted by atomic mass is 35.5. The smallest absolute Gasteiger partial charge is 0.256 e. The average Bonchev–Trinajstić information content (AvgIpc) is 3.14. The number of carbonyl (C=O) groups excluding carboxylic acids is 1. The molecule has 3 aromatic rings. The molecular weight excluding hydrogens is 329 g/mol. The molecular formula is C18H11ClFN3O. The van der Waals surface area contributed by atoms with Gasteiger partial charge in [0.05, 0.1) is 11.9 Å². The van der Waals surface area contributed by atoms with Gasteiger partial charge in [0.25, 0.3) is 5.91 Å². The second kappa shape index (κ2) is 5.62. The van der Waals surface area contributed by atoms with E-state index in [0.29, 0.717) is 16.3 Å². The van der Waals surface area contributed by atoms with Crippen molar-refractivity contribution in [3.63, 3.8) is 0 Å². The van der Waals surface area contributed by atoms with Gasteiger partial charge < -0.3 is 5.32 Å². The van der Waals surface area contributed by atoms with Crippen LogP contribution in [0.3, 0.4) is 0 Å². The van der Waals surface area contributed by atoms with Crippen molar-refractivity contribution < 1.29 is 9.18 Å². The van der Waals surface area contributed by atoms with Crippen molar-refractivity contribution in [3.05, 3.63) is 70.6 Å². The van der Waals surface area contributed by atoms with Crippen LogP contribution in [0.1, 0.15) is 11.1 Å². The summed E-state index contributed by atoms with van der Waals surface area (Å²) in [5.74, 6) is -0.504. The monoisotopic (exact) mass is 339 g/mol. The second-order valence-corrected chi connectivity index (χ2v) is 5.85. The minimum atomic E-state index is -0.308. The molecule has 0 bridgehead atoms. The average molecular weight is 340 g/mol. The van der Waals surface area contributed by atoms with Crippen LogP contribution >= 0.6 is 11.6 Å². The summed E-state index contributed by atoms with van der Waals surface area (Å²) < 4.78 is 13.1. The Balaban J connectivity index is 1.81. The first-order valence-electron chi connectivity index (χ1n) is 7.24. The maximum Gasteiger partial charge on any atom is 0.256 e. The Morgan fingerprint density at radius 2 is 1.92 bits per heavy atom. The van der Waals surface area contributed by atoms with E-state index in [2.05, 4.69) is 15.5 Å². The van der Waals surface area contributed by atoms with Crippen LogP contribution in [0.15, 0.2) is 48.7 Å². The Morgan fingerprint density at radius 1 is 1.12 bits per heavy atom.